The Morgan fingerprint density at radius 2 is 2.11 bits per heavy atom. The van der Waals surface area contributed by atoms with Crippen LogP contribution in [0.4, 0.5) is 0 Å². The molecule has 1 fully saturated rings. The number of halogens is 1. The molecule has 2 atom stereocenters. The van der Waals surface area contributed by atoms with E-state index in [1.165, 1.54) is 12.7 Å². The second kappa shape index (κ2) is 5.01. The van der Waals surface area contributed by atoms with Crippen LogP contribution in [0.1, 0.15) is 25.0 Å². The predicted molar refractivity (Wildman–Crippen MR) is 77.8 cm³/mol. The fourth-order valence-corrected chi connectivity index (χ4v) is 2.87. The largest absolute Gasteiger partial charge is 0.469 e. The molecular weight excluding hydrogens is 260 g/mol. The fourth-order valence-electron chi connectivity index (χ4n) is 2.61. The molecule has 0 heterocycles. The molecule has 19 heavy (non-hydrogen) atoms. The topological polar surface area (TPSA) is 26.3 Å². The Labute approximate surface area is 119 Å². The molecule has 0 amide bonds. The highest BCUT2D eigenvalue weighted by molar-refractivity contribution is 6.48. The van der Waals surface area contributed by atoms with Crippen LogP contribution in [-0.2, 0) is 9.53 Å². The van der Waals surface area contributed by atoms with Crippen molar-refractivity contribution >= 4 is 22.6 Å². The van der Waals surface area contributed by atoms with E-state index in [1.807, 2.05) is 37.3 Å². The number of benzene rings is 1. The molecule has 0 aromatic heterocycles. The molecule has 0 saturated heterocycles. The third-order valence-corrected chi connectivity index (χ3v) is 4.33. The van der Waals surface area contributed by atoms with Crippen molar-refractivity contribution in [1.82, 2.24) is 0 Å². The van der Waals surface area contributed by atoms with E-state index in [1.54, 1.807) is 0 Å². The van der Waals surface area contributed by atoms with Gasteiger partial charge in [-0.3, -0.25) is 4.79 Å². The predicted octanol–water partition coefficient (Wildman–Crippen LogP) is 4.02. The van der Waals surface area contributed by atoms with Crippen molar-refractivity contribution < 1.29 is 9.53 Å². The van der Waals surface area contributed by atoms with Crippen molar-refractivity contribution in [3.8, 4) is 0 Å². The Hall–Kier alpha value is -1.28. The maximum atomic E-state index is 11.7. The summed E-state index contributed by atoms with van der Waals surface area (Å²) in [6.45, 7) is 6.16. The highest BCUT2D eigenvalue weighted by Gasteiger charge is 2.61. The van der Waals surface area contributed by atoms with E-state index in [4.69, 9.17) is 16.3 Å². The lowest BCUT2D eigenvalue weighted by atomic mass is 10.1. The van der Waals surface area contributed by atoms with E-state index in [0.29, 0.717) is 5.03 Å². The Morgan fingerprint density at radius 3 is 2.68 bits per heavy atom. The average molecular weight is 279 g/mol. The number of hydrogen-bond donors (Lipinski definition) is 0. The van der Waals surface area contributed by atoms with Gasteiger partial charge < -0.3 is 4.74 Å². The summed E-state index contributed by atoms with van der Waals surface area (Å²) in [7, 11) is 1.43. The molecule has 1 saturated carbocycles. The smallest absolute Gasteiger partial charge is 0.309 e. The molecule has 0 aliphatic heterocycles. The number of esters is 1. The highest BCUT2D eigenvalue weighted by Crippen LogP contribution is 2.60. The van der Waals surface area contributed by atoms with Gasteiger partial charge in [0.15, 0.2) is 0 Å². The van der Waals surface area contributed by atoms with Gasteiger partial charge in [0.05, 0.1) is 13.0 Å². The molecule has 0 N–H and O–H groups in total. The standard InChI is InChI=1S/C16H19ClO2/c1-10-6-5-7-11(8-10)13(17)9-12-14(15(18)19-4)16(12,2)3/h5-9,12,14H,1-4H3. The Morgan fingerprint density at radius 1 is 1.42 bits per heavy atom. The third kappa shape index (κ3) is 2.69. The molecule has 3 heteroatoms. The first-order chi connectivity index (χ1) is 8.87. The lowest BCUT2D eigenvalue weighted by Gasteiger charge is -2.02. The molecule has 1 aliphatic carbocycles. The Kier molecular flexibility index (Phi) is 3.73. The zero-order valence-corrected chi connectivity index (χ0v) is 12.5. The molecule has 1 aliphatic rings. The van der Waals surface area contributed by atoms with E-state index in [9.17, 15) is 4.79 Å². The van der Waals surface area contributed by atoms with Gasteiger partial charge in [-0.25, -0.2) is 0 Å². The van der Waals surface area contributed by atoms with Crippen molar-refractivity contribution in [3.63, 3.8) is 0 Å². The van der Waals surface area contributed by atoms with Gasteiger partial charge in [0, 0.05) is 5.03 Å². The summed E-state index contributed by atoms with van der Waals surface area (Å²) < 4.78 is 4.84. The van der Waals surface area contributed by atoms with Gasteiger partial charge in [0.1, 0.15) is 0 Å². The first kappa shape index (κ1) is 14.1. The lowest BCUT2D eigenvalue weighted by Crippen LogP contribution is -2.07. The van der Waals surface area contributed by atoms with Crippen molar-refractivity contribution in [2.24, 2.45) is 17.3 Å². The summed E-state index contributed by atoms with van der Waals surface area (Å²) in [6.07, 6.45) is 1.98. The summed E-state index contributed by atoms with van der Waals surface area (Å²) in [5.74, 6) is -0.0935. The quantitative estimate of drug-likeness (QED) is 0.781. The van der Waals surface area contributed by atoms with Crippen molar-refractivity contribution in [2.75, 3.05) is 7.11 Å². The zero-order chi connectivity index (χ0) is 14.2. The van der Waals surface area contributed by atoms with E-state index < -0.39 is 0 Å². The summed E-state index contributed by atoms with van der Waals surface area (Å²) in [6, 6.07) is 8.04. The zero-order valence-electron chi connectivity index (χ0n) is 11.7. The number of allylic oxidation sites excluding steroid dienone is 1. The van der Waals surface area contributed by atoms with Gasteiger partial charge in [0.25, 0.3) is 0 Å². The van der Waals surface area contributed by atoms with Gasteiger partial charge in [-0.2, -0.15) is 0 Å². The number of ether oxygens (including phenoxy) is 1. The molecule has 2 unspecified atom stereocenters. The number of carbonyl (C=O) groups is 1. The third-order valence-electron chi connectivity index (χ3n) is 3.99. The van der Waals surface area contributed by atoms with Crippen LogP contribution in [0.15, 0.2) is 30.3 Å². The summed E-state index contributed by atoms with van der Waals surface area (Å²) in [4.78, 5) is 11.7. The number of methoxy groups -OCH3 is 1. The van der Waals surface area contributed by atoms with Crippen LogP contribution < -0.4 is 0 Å². The van der Waals surface area contributed by atoms with Gasteiger partial charge >= 0.3 is 5.97 Å². The second-order valence-corrected chi connectivity index (χ2v) is 6.14. The van der Waals surface area contributed by atoms with Crippen molar-refractivity contribution in [1.29, 1.82) is 0 Å². The van der Waals surface area contributed by atoms with Crippen LogP contribution in [0, 0.1) is 24.2 Å². The van der Waals surface area contributed by atoms with Crippen molar-refractivity contribution in [2.45, 2.75) is 20.8 Å². The Bertz CT molecular complexity index is 531. The minimum absolute atomic E-state index is 0.0724. The number of carbonyl (C=O) groups excluding carboxylic acids is 1. The van der Waals surface area contributed by atoms with Gasteiger partial charge in [-0.15, -0.1) is 0 Å². The molecule has 102 valence electrons. The average Bonchev–Trinajstić information content (AvgIpc) is 2.90. The van der Waals surface area contributed by atoms with Crippen LogP contribution in [0.5, 0.6) is 0 Å². The molecular formula is C16H19ClO2. The molecule has 2 nitrogen and oxygen atoms in total. The fraction of sp³-hybridized carbons (Fsp3) is 0.438. The number of hydrogen-bond acceptors (Lipinski definition) is 2. The molecule has 2 rings (SSSR count). The van der Waals surface area contributed by atoms with E-state index in [-0.39, 0.29) is 23.2 Å². The second-order valence-electron chi connectivity index (χ2n) is 5.73. The number of aryl methyl sites for hydroxylation is 1. The van der Waals surface area contributed by atoms with E-state index in [0.717, 1.165) is 5.56 Å². The van der Waals surface area contributed by atoms with Gasteiger partial charge in [-0.05, 0) is 23.8 Å². The minimum atomic E-state index is -0.153. The number of rotatable bonds is 3. The molecule has 0 spiro atoms. The lowest BCUT2D eigenvalue weighted by molar-refractivity contribution is -0.143. The summed E-state index contributed by atoms with van der Waals surface area (Å²) >= 11 is 6.36. The van der Waals surface area contributed by atoms with Crippen LogP contribution in [0.25, 0.3) is 5.03 Å². The van der Waals surface area contributed by atoms with E-state index >= 15 is 0 Å². The Balaban J connectivity index is 2.21. The maximum Gasteiger partial charge on any atom is 0.309 e. The first-order valence-corrected chi connectivity index (χ1v) is 6.78. The monoisotopic (exact) mass is 278 g/mol. The normalized spacial score (nSPS) is 25.0. The highest BCUT2D eigenvalue weighted by atomic mass is 35.5. The van der Waals surface area contributed by atoms with Gasteiger partial charge in [-0.1, -0.05) is 61.4 Å². The SMILES string of the molecule is COC(=O)C1C(C=C(Cl)c2cccc(C)c2)C1(C)C. The van der Waals surface area contributed by atoms with Crippen LogP contribution in [0.3, 0.4) is 0 Å². The molecule has 0 radical (unpaired) electrons. The van der Waals surface area contributed by atoms with Crippen LogP contribution in [-0.4, -0.2) is 13.1 Å². The van der Waals surface area contributed by atoms with Crippen LogP contribution >= 0.6 is 11.6 Å². The molecule has 0 bridgehead atoms. The first-order valence-electron chi connectivity index (χ1n) is 6.40. The summed E-state index contributed by atoms with van der Waals surface area (Å²) in [5.41, 5.74) is 2.09. The maximum absolute atomic E-state index is 11.7. The van der Waals surface area contributed by atoms with Crippen LogP contribution in [0.2, 0.25) is 0 Å². The van der Waals surface area contributed by atoms with E-state index in [2.05, 4.69) is 13.8 Å². The van der Waals surface area contributed by atoms with Gasteiger partial charge in [0.2, 0.25) is 0 Å². The minimum Gasteiger partial charge on any atom is -0.469 e. The van der Waals surface area contributed by atoms with Crippen molar-refractivity contribution in [3.05, 3.63) is 41.5 Å². The molecule has 1 aromatic rings. The summed E-state index contributed by atoms with van der Waals surface area (Å²) in [5, 5.41) is 0.702. The molecule has 1 aromatic carbocycles.